The molecule has 0 aliphatic rings. The number of rotatable bonds is 5. The fraction of sp³-hybridized carbons (Fsp3) is 0.250. The Morgan fingerprint density at radius 1 is 1.44 bits per heavy atom. The van der Waals surface area contributed by atoms with Crippen molar-refractivity contribution in [1.29, 1.82) is 0 Å². The number of anilines is 1. The Morgan fingerprint density at radius 3 is 2.96 bits per heavy atom. The Balaban J connectivity index is 1.73. The molecule has 0 fully saturated rings. The number of nitrogens with one attached hydrogen (secondary N) is 1. The van der Waals surface area contributed by atoms with E-state index in [1.165, 1.54) is 18.9 Å². The van der Waals surface area contributed by atoms with Gasteiger partial charge in [-0.25, -0.2) is 9.50 Å². The summed E-state index contributed by atoms with van der Waals surface area (Å²) in [6, 6.07) is 5.23. The lowest BCUT2D eigenvalue weighted by molar-refractivity contribution is -0.115. The Morgan fingerprint density at radius 2 is 2.24 bits per heavy atom. The van der Waals surface area contributed by atoms with Crippen molar-refractivity contribution in [2.75, 3.05) is 12.4 Å². The molecule has 130 valence electrons. The van der Waals surface area contributed by atoms with Gasteiger partial charge >= 0.3 is 0 Å². The highest BCUT2D eigenvalue weighted by molar-refractivity contribution is 8.00. The average Bonchev–Trinajstić information content (AvgIpc) is 3.00. The maximum Gasteiger partial charge on any atom is 0.253 e. The predicted molar refractivity (Wildman–Crippen MR) is 97.5 cm³/mol. The van der Waals surface area contributed by atoms with E-state index >= 15 is 0 Å². The van der Waals surface area contributed by atoms with Crippen LogP contribution in [0.15, 0.2) is 35.7 Å². The molecular formula is C16H16ClN5O2S. The van der Waals surface area contributed by atoms with Gasteiger partial charge in [-0.3, -0.25) is 4.79 Å². The van der Waals surface area contributed by atoms with E-state index in [2.05, 4.69) is 20.4 Å². The molecule has 1 N–H and O–H groups in total. The van der Waals surface area contributed by atoms with Gasteiger partial charge in [-0.1, -0.05) is 23.4 Å². The van der Waals surface area contributed by atoms with Crippen LogP contribution in [0, 0.1) is 6.92 Å². The maximum atomic E-state index is 12.5. The van der Waals surface area contributed by atoms with Crippen molar-refractivity contribution in [3.63, 3.8) is 0 Å². The molecule has 3 aromatic rings. The minimum atomic E-state index is -0.405. The number of fused-ring (bicyclic) bond motifs is 1. The van der Waals surface area contributed by atoms with E-state index in [0.29, 0.717) is 27.4 Å². The van der Waals surface area contributed by atoms with Crippen molar-refractivity contribution < 1.29 is 9.53 Å². The Labute approximate surface area is 153 Å². The van der Waals surface area contributed by atoms with Crippen LogP contribution in [0.2, 0.25) is 5.02 Å². The van der Waals surface area contributed by atoms with Crippen molar-refractivity contribution in [1.82, 2.24) is 19.6 Å². The van der Waals surface area contributed by atoms with Crippen molar-refractivity contribution in [2.24, 2.45) is 0 Å². The Bertz CT molecular complexity index is 897. The standard InChI is InChI=1S/C16H16ClN5O2S/c1-9-7-12(13(24-3)8-11(9)17)19-14(23)10(2)25-16-20-15-18-5-4-6-22(15)21-16/h4-8,10H,1-3H3,(H,19,23)/t10-/m0/s1. The lowest BCUT2D eigenvalue weighted by atomic mass is 10.2. The number of carbonyl (C=O) groups is 1. The molecule has 0 saturated heterocycles. The van der Waals surface area contributed by atoms with E-state index in [0.717, 1.165) is 5.56 Å². The van der Waals surface area contributed by atoms with Crippen molar-refractivity contribution in [3.05, 3.63) is 41.2 Å². The van der Waals surface area contributed by atoms with Gasteiger partial charge in [0.25, 0.3) is 5.78 Å². The molecule has 0 radical (unpaired) electrons. The zero-order chi connectivity index (χ0) is 18.0. The molecule has 0 aliphatic carbocycles. The van der Waals surface area contributed by atoms with Crippen LogP contribution in [0.1, 0.15) is 12.5 Å². The van der Waals surface area contributed by atoms with Crippen LogP contribution in [0.3, 0.4) is 0 Å². The summed E-state index contributed by atoms with van der Waals surface area (Å²) >= 11 is 7.34. The van der Waals surface area contributed by atoms with Crippen LogP contribution in [0.25, 0.3) is 5.78 Å². The minimum absolute atomic E-state index is 0.183. The number of halogens is 1. The molecule has 0 spiro atoms. The number of benzene rings is 1. The molecule has 1 amide bonds. The van der Waals surface area contributed by atoms with Crippen molar-refractivity contribution in [3.8, 4) is 5.75 Å². The van der Waals surface area contributed by atoms with Crippen LogP contribution in [0.5, 0.6) is 5.75 Å². The van der Waals surface area contributed by atoms with E-state index in [-0.39, 0.29) is 5.91 Å². The topological polar surface area (TPSA) is 81.4 Å². The maximum absolute atomic E-state index is 12.5. The highest BCUT2D eigenvalue weighted by Crippen LogP contribution is 2.31. The predicted octanol–water partition coefficient (Wildman–Crippen LogP) is 3.21. The zero-order valence-electron chi connectivity index (χ0n) is 13.9. The molecule has 2 aromatic heterocycles. The molecule has 0 bridgehead atoms. The SMILES string of the molecule is COc1cc(Cl)c(C)cc1NC(=O)[C@H](C)Sc1nc2ncccn2n1. The van der Waals surface area contributed by atoms with E-state index in [1.807, 2.05) is 6.92 Å². The second-order valence-electron chi connectivity index (χ2n) is 5.31. The van der Waals surface area contributed by atoms with Gasteiger partial charge in [0.2, 0.25) is 11.1 Å². The number of ether oxygens (including phenoxy) is 1. The number of thioether (sulfide) groups is 1. The third kappa shape index (κ3) is 3.85. The average molecular weight is 378 g/mol. The van der Waals surface area contributed by atoms with Crippen LogP contribution in [-0.4, -0.2) is 37.8 Å². The molecule has 1 atom stereocenters. The first-order valence-electron chi connectivity index (χ1n) is 7.47. The minimum Gasteiger partial charge on any atom is -0.495 e. The molecule has 2 heterocycles. The third-order valence-corrected chi connectivity index (χ3v) is 4.85. The van der Waals surface area contributed by atoms with Crippen molar-refractivity contribution in [2.45, 2.75) is 24.3 Å². The summed E-state index contributed by atoms with van der Waals surface area (Å²) in [6.07, 6.45) is 3.40. The molecule has 25 heavy (non-hydrogen) atoms. The van der Waals surface area contributed by atoms with E-state index < -0.39 is 5.25 Å². The first kappa shape index (κ1) is 17.5. The second-order valence-corrected chi connectivity index (χ2v) is 7.02. The second kappa shape index (κ2) is 7.28. The van der Waals surface area contributed by atoms with Gasteiger partial charge in [-0.05, 0) is 31.5 Å². The number of amides is 1. The molecule has 3 rings (SSSR count). The van der Waals surface area contributed by atoms with Crippen LogP contribution < -0.4 is 10.1 Å². The zero-order valence-corrected chi connectivity index (χ0v) is 15.4. The van der Waals surface area contributed by atoms with Gasteiger partial charge < -0.3 is 10.1 Å². The summed E-state index contributed by atoms with van der Waals surface area (Å²) in [6.45, 7) is 3.65. The Hall–Kier alpha value is -2.32. The van der Waals surface area contributed by atoms with Crippen LogP contribution in [0.4, 0.5) is 5.69 Å². The largest absolute Gasteiger partial charge is 0.495 e. The number of aromatic nitrogens is 4. The van der Waals surface area contributed by atoms with Gasteiger partial charge in [0.1, 0.15) is 5.75 Å². The summed E-state index contributed by atoms with van der Waals surface area (Å²) in [7, 11) is 1.53. The van der Waals surface area contributed by atoms with E-state index in [4.69, 9.17) is 16.3 Å². The summed E-state index contributed by atoms with van der Waals surface area (Å²) in [5, 5.41) is 7.81. The van der Waals surface area contributed by atoms with Gasteiger partial charge in [-0.2, -0.15) is 4.98 Å². The molecule has 1 aromatic carbocycles. The lowest BCUT2D eigenvalue weighted by Crippen LogP contribution is -2.23. The fourth-order valence-electron chi connectivity index (χ4n) is 2.14. The summed E-state index contributed by atoms with van der Waals surface area (Å²) in [5.74, 6) is 0.820. The summed E-state index contributed by atoms with van der Waals surface area (Å²) < 4.78 is 6.85. The summed E-state index contributed by atoms with van der Waals surface area (Å²) in [4.78, 5) is 20.9. The molecule has 7 nitrogen and oxygen atoms in total. The molecule has 0 aliphatic heterocycles. The number of nitrogens with zero attached hydrogens (tertiary/aromatic N) is 4. The molecular weight excluding hydrogens is 362 g/mol. The third-order valence-electron chi connectivity index (χ3n) is 3.49. The first-order valence-corrected chi connectivity index (χ1v) is 8.72. The van der Waals surface area contributed by atoms with Gasteiger partial charge in [-0.15, -0.1) is 5.10 Å². The fourth-order valence-corrected chi connectivity index (χ4v) is 3.04. The molecule has 9 heteroatoms. The van der Waals surface area contributed by atoms with E-state index in [1.54, 1.807) is 42.0 Å². The van der Waals surface area contributed by atoms with Gasteiger partial charge in [0.05, 0.1) is 18.0 Å². The van der Waals surface area contributed by atoms with E-state index in [9.17, 15) is 4.79 Å². The number of hydrogen-bond acceptors (Lipinski definition) is 6. The monoisotopic (exact) mass is 377 g/mol. The number of carbonyl (C=O) groups excluding carboxylic acids is 1. The smallest absolute Gasteiger partial charge is 0.253 e. The highest BCUT2D eigenvalue weighted by Gasteiger charge is 2.19. The number of aryl methyl sites for hydroxylation is 1. The molecule has 0 unspecified atom stereocenters. The molecule has 0 saturated carbocycles. The Kier molecular flexibility index (Phi) is 5.10. The van der Waals surface area contributed by atoms with Gasteiger partial charge in [0, 0.05) is 23.5 Å². The first-order chi connectivity index (χ1) is 12.0. The van der Waals surface area contributed by atoms with Crippen LogP contribution >= 0.6 is 23.4 Å². The number of hydrogen-bond donors (Lipinski definition) is 1. The lowest BCUT2D eigenvalue weighted by Gasteiger charge is -2.14. The quantitative estimate of drug-likeness (QED) is 0.687. The highest BCUT2D eigenvalue weighted by atomic mass is 35.5. The van der Waals surface area contributed by atoms with Gasteiger partial charge in [0.15, 0.2) is 0 Å². The summed E-state index contributed by atoms with van der Waals surface area (Å²) in [5.41, 5.74) is 1.43. The normalized spacial score (nSPS) is 12.2. The van der Waals surface area contributed by atoms with Crippen molar-refractivity contribution >= 4 is 40.7 Å². The number of methoxy groups -OCH3 is 1. The van der Waals surface area contributed by atoms with Crippen LogP contribution in [-0.2, 0) is 4.79 Å².